The number of rotatable bonds is 3. The van der Waals surface area contributed by atoms with Gasteiger partial charge in [0.15, 0.2) is 5.78 Å². The molecule has 1 heterocycles. The summed E-state index contributed by atoms with van der Waals surface area (Å²) in [6.07, 6.45) is 1.72. The molecule has 0 radical (unpaired) electrons. The van der Waals surface area contributed by atoms with E-state index < -0.39 is 23.0 Å². The molecule has 0 atom stereocenters. The van der Waals surface area contributed by atoms with Crippen molar-refractivity contribution in [2.75, 3.05) is 13.2 Å². The molecule has 1 aromatic rings. The molecule has 0 saturated carbocycles. The summed E-state index contributed by atoms with van der Waals surface area (Å²) in [6, 6.07) is 2.22. The molecule has 2 rings (SSSR count). The summed E-state index contributed by atoms with van der Waals surface area (Å²) < 4.78 is 32.7. The van der Waals surface area contributed by atoms with E-state index in [1.165, 1.54) is 0 Å². The Bertz CT molecular complexity index is 433. The maximum atomic E-state index is 13.6. The van der Waals surface area contributed by atoms with Crippen molar-refractivity contribution in [2.24, 2.45) is 5.92 Å². The molecule has 18 heavy (non-hydrogen) atoms. The SMILES string of the molecule is O=C(CC1CCOCC1)c1c(F)cc(Br)cc1F. The Balaban J connectivity index is 2.13. The number of ether oxygens (including phenoxy) is 1. The molecule has 1 aliphatic heterocycles. The smallest absolute Gasteiger partial charge is 0.169 e. The Morgan fingerprint density at radius 2 is 1.83 bits per heavy atom. The van der Waals surface area contributed by atoms with Gasteiger partial charge in [-0.05, 0) is 30.9 Å². The van der Waals surface area contributed by atoms with E-state index in [2.05, 4.69) is 15.9 Å². The predicted octanol–water partition coefficient (Wildman–Crippen LogP) is 3.73. The van der Waals surface area contributed by atoms with Gasteiger partial charge in [0, 0.05) is 24.1 Å². The minimum Gasteiger partial charge on any atom is -0.381 e. The number of ketones is 1. The molecule has 1 aromatic carbocycles. The predicted molar refractivity (Wildman–Crippen MR) is 66.5 cm³/mol. The molecule has 5 heteroatoms. The number of carbonyl (C=O) groups excluding carboxylic acids is 1. The fourth-order valence-electron chi connectivity index (χ4n) is 2.12. The lowest BCUT2D eigenvalue weighted by Crippen LogP contribution is -2.19. The third kappa shape index (κ3) is 3.14. The number of hydrogen-bond acceptors (Lipinski definition) is 2. The average molecular weight is 319 g/mol. The molecular weight excluding hydrogens is 306 g/mol. The van der Waals surface area contributed by atoms with Crippen LogP contribution < -0.4 is 0 Å². The third-order valence-electron chi connectivity index (χ3n) is 3.10. The van der Waals surface area contributed by atoms with Crippen LogP contribution in [0.15, 0.2) is 16.6 Å². The normalized spacial score (nSPS) is 16.8. The highest BCUT2D eigenvalue weighted by atomic mass is 79.9. The van der Waals surface area contributed by atoms with E-state index in [-0.39, 0.29) is 12.3 Å². The zero-order chi connectivity index (χ0) is 13.1. The van der Waals surface area contributed by atoms with Crippen molar-refractivity contribution in [3.63, 3.8) is 0 Å². The lowest BCUT2D eigenvalue weighted by atomic mass is 9.91. The van der Waals surface area contributed by atoms with E-state index in [0.29, 0.717) is 17.7 Å². The second-order valence-corrected chi connectivity index (χ2v) is 5.34. The van der Waals surface area contributed by atoms with Crippen molar-refractivity contribution in [3.05, 3.63) is 33.8 Å². The topological polar surface area (TPSA) is 26.3 Å². The molecule has 2 nitrogen and oxygen atoms in total. The summed E-state index contributed by atoms with van der Waals surface area (Å²) in [5.74, 6) is -1.92. The third-order valence-corrected chi connectivity index (χ3v) is 3.56. The lowest BCUT2D eigenvalue weighted by molar-refractivity contribution is 0.0599. The monoisotopic (exact) mass is 318 g/mol. The molecule has 0 spiro atoms. The van der Waals surface area contributed by atoms with Crippen LogP contribution in [0, 0.1) is 17.6 Å². The van der Waals surface area contributed by atoms with Gasteiger partial charge in [0.2, 0.25) is 0 Å². The van der Waals surface area contributed by atoms with Crippen LogP contribution in [0.1, 0.15) is 29.6 Å². The Hall–Kier alpha value is -0.810. The van der Waals surface area contributed by atoms with E-state index in [9.17, 15) is 13.6 Å². The molecule has 0 N–H and O–H groups in total. The van der Waals surface area contributed by atoms with Gasteiger partial charge in [-0.15, -0.1) is 0 Å². The van der Waals surface area contributed by atoms with Crippen LogP contribution in [-0.4, -0.2) is 19.0 Å². The van der Waals surface area contributed by atoms with E-state index >= 15 is 0 Å². The zero-order valence-corrected chi connectivity index (χ0v) is 11.3. The second-order valence-electron chi connectivity index (χ2n) is 4.43. The quantitative estimate of drug-likeness (QED) is 0.794. The fraction of sp³-hybridized carbons (Fsp3) is 0.462. The molecule has 0 unspecified atom stereocenters. The van der Waals surface area contributed by atoms with Crippen molar-refractivity contribution in [1.82, 2.24) is 0 Å². The van der Waals surface area contributed by atoms with Gasteiger partial charge in [0.1, 0.15) is 11.6 Å². The van der Waals surface area contributed by atoms with E-state index in [1.807, 2.05) is 0 Å². The number of hydrogen-bond donors (Lipinski definition) is 0. The van der Waals surface area contributed by atoms with Gasteiger partial charge in [0.05, 0.1) is 5.56 Å². The van der Waals surface area contributed by atoms with Crippen molar-refractivity contribution in [3.8, 4) is 0 Å². The summed E-state index contributed by atoms with van der Waals surface area (Å²) in [5.41, 5.74) is -0.426. The number of halogens is 3. The standard InChI is InChI=1S/C13H13BrF2O2/c14-9-6-10(15)13(11(16)7-9)12(17)5-8-1-3-18-4-2-8/h6-8H,1-5H2. The van der Waals surface area contributed by atoms with Crippen LogP contribution in [0.5, 0.6) is 0 Å². The Labute approximate surface area is 112 Å². The Morgan fingerprint density at radius 1 is 1.28 bits per heavy atom. The Kier molecular flexibility index (Phi) is 4.45. The lowest BCUT2D eigenvalue weighted by Gasteiger charge is -2.21. The number of Topliss-reactive ketones (excluding diaryl/α,β-unsaturated/α-hetero) is 1. The van der Waals surface area contributed by atoms with Gasteiger partial charge in [-0.25, -0.2) is 8.78 Å². The van der Waals surface area contributed by atoms with Crippen molar-refractivity contribution >= 4 is 21.7 Å². The first-order valence-corrected chi connectivity index (χ1v) is 6.62. The number of carbonyl (C=O) groups is 1. The van der Waals surface area contributed by atoms with Gasteiger partial charge in [-0.3, -0.25) is 4.79 Å². The van der Waals surface area contributed by atoms with Crippen LogP contribution in [-0.2, 0) is 4.74 Å². The van der Waals surface area contributed by atoms with Crippen LogP contribution >= 0.6 is 15.9 Å². The molecule has 1 aliphatic rings. The van der Waals surface area contributed by atoms with E-state index in [4.69, 9.17) is 4.74 Å². The summed E-state index contributed by atoms with van der Waals surface area (Å²) >= 11 is 2.99. The highest BCUT2D eigenvalue weighted by molar-refractivity contribution is 9.10. The molecule has 0 aliphatic carbocycles. The first-order chi connectivity index (χ1) is 8.58. The van der Waals surface area contributed by atoms with E-state index in [0.717, 1.165) is 25.0 Å². The molecule has 0 amide bonds. The van der Waals surface area contributed by atoms with Crippen molar-refractivity contribution in [1.29, 1.82) is 0 Å². The van der Waals surface area contributed by atoms with Gasteiger partial charge in [0.25, 0.3) is 0 Å². The van der Waals surface area contributed by atoms with E-state index in [1.54, 1.807) is 0 Å². The van der Waals surface area contributed by atoms with Crippen LogP contribution in [0.3, 0.4) is 0 Å². The maximum absolute atomic E-state index is 13.6. The molecule has 0 bridgehead atoms. The largest absolute Gasteiger partial charge is 0.381 e. The van der Waals surface area contributed by atoms with Gasteiger partial charge in [-0.1, -0.05) is 15.9 Å². The molecule has 1 fully saturated rings. The Morgan fingerprint density at radius 3 is 2.39 bits per heavy atom. The second kappa shape index (κ2) is 5.89. The average Bonchev–Trinajstić information content (AvgIpc) is 2.28. The van der Waals surface area contributed by atoms with Gasteiger partial charge < -0.3 is 4.74 Å². The van der Waals surface area contributed by atoms with Gasteiger partial charge >= 0.3 is 0 Å². The summed E-state index contributed by atoms with van der Waals surface area (Å²) in [6.45, 7) is 1.23. The first-order valence-electron chi connectivity index (χ1n) is 5.83. The minimum absolute atomic E-state index is 0.161. The number of benzene rings is 1. The molecular formula is C13H13BrF2O2. The van der Waals surface area contributed by atoms with Gasteiger partial charge in [-0.2, -0.15) is 0 Å². The van der Waals surface area contributed by atoms with Crippen LogP contribution in [0.25, 0.3) is 0 Å². The summed E-state index contributed by atoms with van der Waals surface area (Å²) in [7, 11) is 0. The fourth-order valence-corrected chi connectivity index (χ4v) is 2.53. The zero-order valence-electron chi connectivity index (χ0n) is 9.72. The maximum Gasteiger partial charge on any atom is 0.169 e. The highest BCUT2D eigenvalue weighted by Crippen LogP contribution is 2.25. The van der Waals surface area contributed by atoms with Crippen LogP contribution in [0.4, 0.5) is 8.78 Å². The first kappa shape index (κ1) is 13.6. The molecule has 98 valence electrons. The van der Waals surface area contributed by atoms with Crippen LogP contribution in [0.2, 0.25) is 0 Å². The summed E-state index contributed by atoms with van der Waals surface area (Å²) in [4.78, 5) is 11.9. The van der Waals surface area contributed by atoms with Crippen molar-refractivity contribution < 1.29 is 18.3 Å². The van der Waals surface area contributed by atoms with Crippen molar-refractivity contribution in [2.45, 2.75) is 19.3 Å². The highest BCUT2D eigenvalue weighted by Gasteiger charge is 2.23. The molecule has 1 saturated heterocycles. The molecule has 0 aromatic heterocycles. The summed E-state index contributed by atoms with van der Waals surface area (Å²) in [5, 5.41) is 0. The minimum atomic E-state index is -0.807.